The molecule has 0 fully saturated rings. The van der Waals surface area contributed by atoms with E-state index in [1.165, 1.54) is 0 Å². The minimum atomic E-state index is 1.12. The second-order valence-electron chi connectivity index (χ2n) is 4.16. The van der Waals surface area contributed by atoms with Crippen LogP contribution in [-0.2, 0) is 0 Å². The van der Waals surface area contributed by atoms with E-state index >= 15 is 0 Å². The molecule has 0 unspecified atom stereocenters. The Bertz CT molecular complexity index is 614. The lowest BCUT2D eigenvalue weighted by Crippen LogP contribution is -1.93. The maximum absolute atomic E-state index is 4.00. The number of benzene rings is 2. The predicted octanol–water partition coefficient (Wildman–Crippen LogP) is 3.32. The second kappa shape index (κ2) is 5.31. The van der Waals surface area contributed by atoms with E-state index < -0.39 is 0 Å². The Labute approximate surface area is 111 Å². The molecule has 0 bridgehead atoms. The van der Waals surface area contributed by atoms with Crippen LogP contribution in [0, 0.1) is 0 Å². The molecule has 0 amide bonds. The quantitative estimate of drug-likeness (QED) is 0.710. The summed E-state index contributed by atoms with van der Waals surface area (Å²) in [5, 5.41) is 7.83. The Morgan fingerprint density at radius 3 is 1.89 bits per heavy atom. The van der Waals surface area contributed by atoms with Gasteiger partial charge in [0.2, 0.25) is 0 Å². The van der Waals surface area contributed by atoms with Crippen LogP contribution in [0.3, 0.4) is 0 Å². The predicted molar refractivity (Wildman–Crippen MR) is 76.2 cm³/mol. The van der Waals surface area contributed by atoms with Crippen molar-refractivity contribution in [3.63, 3.8) is 0 Å². The molecule has 19 heavy (non-hydrogen) atoms. The zero-order chi connectivity index (χ0) is 12.9. The highest BCUT2D eigenvalue weighted by Crippen LogP contribution is 2.23. The molecule has 0 N–H and O–H groups in total. The summed E-state index contributed by atoms with van der Waals surface area (Å²) in [6.07, 6.45) is 5.48. The molecule has 0 saturated carbocycles. The minimum Gasteiger partial charge on any atom is -0.227 e. The largest absolute Gasteiger partial charge is 0.227 e. The highest BCUT2D eigenvalue weighted by Gasteiger charge is 2.04. The first-order valence-electron chi connectivity index (χ1n) is 6.12. The normalized spacial score (nSPS) is 10.1. The molecule has 0 saturated heterocycles. The van der Waals surface area contributed by atoms with Crippen LogP contribution in [0.2, 0.25) is 0 Å². The molecule has 3 aromatic rings. The summed E-state index contributed by atoms with van der Waals surface area (Å²) in [5.74, 6) is 0. The van der Waals surface area contributed by atoms with E-state index in [4.69, 9.17) is 0 Å². The van der Waals surface area contributed by atoms with Crippen LogP contribution in [0.5, 0.6) is 0 Å². The van der Waals surface area contributed by atoms with Gasteiger partial charge in [-0.3, -0.25) is 0 Å². The third kappa shape index (κ3) is 2.60. The smallest absolute Gasteiger partial charge is 0.0697 e. The van der Waals surface area contributed by atoms with Crippen molar-refractivity contribution in [1.82, 2.24) is 15.0 Å². The first kappa shape index (κ1) is 11.4. The fraction of sp³-hybridized carbons (Fsp3) is 0. The second-order valence-corrected chi connectivity index (χ2v) is 4.16. The van der Waals surface area contributed by atoms with Crippen molar-refractivity contribution in [2.75, 3.05) is 0 Å². The van der Waals surface area contributed by atoms with Crippen LogP contribution < -0.4 is 0 Å². The molecular weight excluding hydrogens is 234 g/mol. The molecular formula is C16H13N3. The topological polar surface area (TPSA) is 30.7 Å². The highest BCUT2D eigenvalue weighted by molar-refractivity contribution is 5.87. The van der Waals surface area contributed by atoms with Crippen molar-refractivity contribution in [2.24, 2.45) is 0 Å². The average Bonchev–Trinajstić information content (AvgIpc) is 3.00. The number of nitrogens with zero attached hydrogens (tertiary/aromatic N) is 3. The maximum Gasteiger partial charge on any atom is 0.0697 e. The molecule has 0 radical (unpaired) electrons. The van der Waals surface area contributed by atoms with Crippen LogP contribution >= 0.6 is 0 Å². The minimum absolute atomic E-state index is 1.12. The molecule has 0 aliphatic carbocycles. The number of rotatable bonds is 3. The lowest BCUT2D eigenvalue weighted by molar-refractivity contribution is 0.841. The van der Waals surface area contributed by atoms with Gasteiger partial charge in [-0.15, -0.1) is 5.10 Å². The molecule has 0 aliphatic rings. The van der Waals surface area contributed by atoms with Gasteiger partial charge in [0.25, 0.3) is 0 Å². The summed E-state index contributed by atoms with van der Waals surface area (Å²) in [6.45, 7) is 0. The number of hydrogen-bond donors (Lipinski definition) is 0. The molecule has 0 aliphatic heterocycles. The van der Waals surface area contributed by atoms with Crippen molar-refractivity contribution >= 4 is 11.8 Å². The Kier molecular flexibility index (Phi) is 3.19. The van der Waals surface area contributed by atoms with Crippen molar-refractivity contribution in [3.8, 4) is 0 Å². The van der Waals surface area contributed by atoms with E-state index in [0.717, 1.165) is 16.7 Å². The molecule has 1 heterocycles. The zero-order valence-electron chi connectivity index (χ0n) is 10.3. The van der Waals surface area contributed by atoms with Gasteiger partial charge in [-0.2, -0.15) is 0 Å². The Hall–Kier alpha value is -2.68. The summed E-state index contributed by atoms with van der Waals surface area (Å²) >= 11 is 0. The van der Waals surface area contributed by atoms with E-state index in [1.807, 2.05) is 48.8 Å². The van der Waals surface area contributed by atoms with Gasteiger partial charge in [0, 0.05) is 11.8 Å². The van der Waals surface area contributed by atoms with Gasteiger partial charge in [-0.25, -0.2) is 4.68 Å². The maximum atomic E-state index is 4.00. The molecule has 92 valence electrons. The molecule has 0 atom stereocenters. The summed E-state index contributed by atoms with van der Waals surface area (Å²) in [5.41, 5.74) is 3.43. The first-order valence-corrected chi connectivity index (χ1v) is 6.12. The van der Waals surface area contributed by atoms with Gasteiger partial charge in [0.15, 0.2) is 0 Å². The van der Waals surface area contributed by atoms with Crippen LogP contribution in [0.4, 0.5) is 0 Å². The van der Waals surface area contributed by atoms with Crippen molar-refractivity contribution in [3.05, 3.63) is 84.2 Å². The number of hydrogen-bond acceptors (Lipinski definition) is 2. The zero-order valence-corrected chi connectivity index (χ0v) is 10.3. The van der Waals surface area contributed by atoms with E-state index in [1.54, 1.807) is 10.9 Å². The molecule has 3 rings (SSSR count). The fourth-order valence-corrected chi connectivity index (χ4v) is 1.97. The third-order valence-electron chi connectivity index (χ3n) is 2.87. The first-order chi connectivity index (χ1) is 9.43. The Morgan fingerprint density at radius 1 is 0.842 bits per heavy atom. The third-order valence-corrected chi connectivity index (χ3v) is 2.87. The summed E-state index contributed by atoms with van der Waals surface area (Å²) in [6, 6.07) is 20.5. The van der Waals surface area contributed by atoms with E-state index in [0.29, 0.717) is 0 Å². The van der Waals surface area contributed by atoms with Gasteiger partial charge < -0.3 is 0 Å². The fourth-order valence-electron chi connectivity index (χ4n) is 1.97. The summed E-state index contributed by atoms with van der Waals surface area (Å²) < 4.78 is 1.72. The van der Waals surface area contributed by atoms with Gasteiger partial charge in [0.1, 0.15) is 0 Å². The molecule has 0 spiro atoms. The molecule has 3 nitrogen and oxygen atoms in total. The van der Waals surface area contributed by atoms with Crippen molar-refractivity contribution in [1.29, 1.82) is 0 Å². The SMILES string of the molecule is C(=C(c1ccccc1)c1ccccc1)n1ccnn1. The van der Waals surface area contributed by atoms with Crippen LogP contribution in [-0.4, -0.2) is 15.0 Å². The monoisotopic (exact) mass is 247 g/mol. The van der Waals surface area contributed by atoms with Crippen molar-refractivity contribution < 1.29 is 0 Å². The Balaban J connectivity index is 2.12. The van der Waals surface area contributed by atoms with E-state index in [9.17, 15) is 0 Å². The van der Waals surface area contributed by atoms with Gasteiger partial charge >= 0.3 is 0 Å². The van der Waals surface area contributed by atoms with E-state index in [-0.39, 0.29) is 0 Å². The molecule has 1 aromatic heterocycles. The van der Waals surface area contributed by atoms with Crippen LogP contribution in [0.25, 0.3) is 11.8 Å². The van der Waals surface area contributed by atoms with Gasteiger partial charge in [-0.05, 0) is 11.1 Å². The average molecular weight is 247 g/mol. The highest BCUT2D eigenvalue weighted by atomic mass is 15.4. The molecule has 3 heteroatoms. The molecule has 2 aromatic carbocycles. The Morgan fingerprint density at radius 2 is 1.42 bits per heavy atom. The van der Waals surface area contributed by atoms with Gasteiger partial charge in [-0.1, -0.05) is 65.9 Å². The standard InChI is InChI=1S/C16H13N3/c1-3-7-14(8-4-1)16(13-19-12-11-17-18-19)15-9-5-2-6-10-15/h1-13H. The summed E-state index contributed by atoms with van der Waals surface area (Å²) in [7, 11) is 0. The lowest BCUT2D eigenvalue weighted by Gasteiger charge is -2.08. The van der Waals surface area contributed by atoms with Crippen LogP contribution in [0.15, 0.2) is 73.1 Å². The summed E-state index contributed by atoms with van der Waals surface area (Å²) in [4.78, 5) is 0. The lowest BCUT2D eigenvalue weighted by atomic mass is 9.99. The van der Waals surface area contributed by atoms with Crippen molar-refractivity contribution in [2.45, 2.75) is 0 Å². The van der Waals surface area contributed by atoms with Gasteiger partial charge in [0.05, 0.1) is 12.4 Å². The van der Waals surface area contributed by atoms with Crippen LogP contribution in [0.1, 0.15) is 11.1 Å². The van der Waals surface area contributed by atoms with E-state index in [2.05, 4.69) is 34.6 Å². The number of aromatic nitrogens is 3.